The monoisotopic (exact) mass is 310 g/mol. The van der Waals surface area contributed by atoms with E-state index in [1.807, 2.05) is 4.57 Å². The Balaban J connectivity index is 2.06. The smallest absolute Gasteiger partial charge is 0.237 e. The lowest BCUT2D eigenvalue weighted by molar-refractivity contribution is 0.372. The van der Waals surface area contributed by atoms with Crippen LogP contribution in [-0.4, -0.2) is 24.9 Å². The molecule has 0 amide bonds. The summed E-state index contributed by atoms with van der Waals surface area (Å²) < 4.78 is 7.33. The van der Waals surface area contributed by atoms with Crippen molar-refractivity contribution in [1.82, 2.24) is 24.9 Å². The highest BCUT2D eigenvalue weighted by molar-refractivity contribution is 7.98. The quantitative estimate of drug-likeness (QED) is 0.816. The fourth-order valence-corrected chi connectivity index (χ4v) is 2.59. The number of nitrogens with two attached hydrogens (primary N) is 1. The van der Waals surface area contributed by atoms with Crippen molar-refractivity contribution in [3.63, 3.8) is 0 Å². The van der Waals surface area contributed by atoms with Crippen molar-refractivity contribution < 1.29 is 4.52 Å². The summed E-state index contributed by atoms with van der Waals surface area (Å²) in [5, 5.41) is 13.2. The first-order valence-electron chi connectivity index (χ1n) is 7.03. The van der Waals surface area contributed by atoms with Gasteiger partial charge in [-0.2, -0.15) is 4.98 Å². The predicted molar refractivity (Wildman–Crippen MR) is 80.8 cm³/mol. The lowest BCUT2D eigenvalue weighted by atomic mass is 9.96. The zero-order valence-electron chi connectivity index (χ0n) is 13.0. The van der Waals surface area contributed by atoms with E-state index in [9.17, 15) is 0 Å². The number of nitrogens with zero attached hydrogens (tertiary/aromatic N) is 5. The summed E-state index contributed by atoms with van der Waals surface area (Å²) in [6, 6.07) is 0. The highest BCUT2D eigenvalue weighted by atomic mass is 32.2. The van der Waals surface area contributed by atoms with Gasteiger partial charge >= 0.3 is 0 Å². The number of hydrogen-bond acceptors (Lipinski definition) is 7. The van der Waals surface area contributed by atoms with Crippen LogP contribution in [0.5, 0.6) is 0 Å². The van der Waals surface area contributed by atoms with Crippen LogP contribution in [0.3, 0.4) is 0 Å². The van der Waals surface area contributed by atoms with Crippen molar-refractivity contribution in [2.24, 2.45) is 5.73 Å². The summed E-state index contributed by atoms with van der Waals surface area (Å²) in [5.41, 5.74) is 5.57. The van der Waals surface area contributed by atoms with Gasteiger partial charge in [0.05, 0.1) is 12.3 Å². The van der Waals surface area contributed by atoms with Crippen molar-refractivity contribution in [1.29, 1.82) is 0 Å². The van der Waals surface area contributed by atoms with Crippen LogP contribution in [0, 0.1) is 0 Å². The van der Waals surface area contributed by atoms with Crippen LogP contribution in [0.25, 0.3) is 0 Å². The molecule has 21 heavy (non-hydrogen) atoms. The Morgan fingerprint density at radius 2 is 2.05 bits per heavy atom. The maximum Gasteiger partial charge on any atom is 0.237 e. The fourth-order valence-electron chi connectivity index (χ4n) is 1.77. The number of hydrogen-bond donors (Lipinski definition) is 1. The van der Waals surface area contributed by atoms with Gasteiger partial charge in [-0.25, -0.2) is 0 Å². The van der Waals surface area contributed by atoms with Crippen LogP contribution < -0.4 is 5.73 Å². The molecule has 0 fully saturated rings. The molecular weight excluding hydrogens is 288 g/mol. The van der Waals surface area contributed by atoms with Gasteiger partial charge in [0, 0.05) is 12.0 Å². The maximum atomic E-state index is 5.68. The molecule has 0 saturated carbocycles. The molecule has 2 aromatic rings. The largest absolute Gasteiger partial charge is 0.338 e. The second-order valence-corrected chi connectivity index (χ2v) is 6.75. The van der Waals surface area contributed by atoms with E-state index < -0.39 is 0 Å². The lowest BCUT2D eigenvalue weighted by Gasteiger charge is -2.10. The molecule has 0 aliphatic rings. The second kappa shape index (κ2) is 6.57. The van der Waals surface area contributed by atoms with E-state index in [-0.39, 0.29) is 5.41 Å². The molecule has 0 aliphatic carbocycles. The van der Waals surface area contributed by atoms with Crippen molar-refractivity contribution in [2.45, 2.75) is 63.5 Å². The summed E-state index contributed by atoms with van der Waals surface area (Å²) in [6.45, 7) is 9.53. The van der Waals surface area contributed by atoms with Crippen LogP contribution >= 0.6 is 11.8 Å². The summed E-state index contributed by atoms with van der Waals surface area (Å²) >= 11 is 1.54. The number of rotatable bonds is 6. The summed E-state index contributed by atoms with van der Waals surface area (Å²) in [7, 11) is 0. The van der Waals surface area contributed by atoms with Gasteiger partial charge in [0.25, 0.3) is 0 Å². The Hall–Kier alpha value is -1.41. The molecule has 116 valence electrons. The molecule has 0 bridgehead atoms. The highest BCUT2D eigenvalue weighted by Crippen LogP contribution is 2.24. The second-order valence-electron chi connectivity index (χ2n) is 5.80. The van der Waals surface area contributed by atoms with Crippen LogP contribution in [-0.2, 0) is 24.3 Å². The molecule has 2 N–H and O–H groups in total. The molecule has 8 heteroatoms. The molecule has 2 aromatic heterocycles. The third-order valence-corrected chi connectivity index (χ3v) is 3.84. The SMILES string of the molecule is CCCn1c(CN)nnc1SCc1nc(C(C)(C)C)no1. The number of aromatic nitrogens is 5. The summed E-state index contributed by atoms with van der Waals surface area (Å²) in [4.78, 5) is 4.42. The van der Waals surface area contributed by atoms with Crippen LogP contribution in [0.1, 0.15) is 51.7 Å². The Kier molecular flexibility index (Phi) is 5.00. The molecule has 0 atom stereocenters. The average Bonchev–Trinajstić information content (AvgIpc) is 3.03. The molecule has 0 spiro atoms. The molecule has 0 aliphatic heterocycles. The first-order chi connectivity index (χ1) is 9.95. The van der Waals surface area contributed by atoms with Crippen LogP contribution in [0.15, 0.2) is 9.68 Å². The average molecular weight is 310 g/mol. The van der Waals surface area contributed by atoms with Gasteiger partial charge in [0.1, 0.15) is 5.82 Å². The molecule has 0 saturated heterocycles. The van der Waals surface area contributed by atoms with E-state index in [1.54, 1.807) is 0 Å². The summed E-state index contributed by atoms with van der Waals surface area (Å²) in [6.07, 6.45) is 1.01. The van der Waals surface area contributed by atoms with Gasteiger partial charge in [-0.1, -0.05) is 44.6 Å². The Morgan fingerprint density at radius 1 is 1.29 bits per heavy atom. The van der Waals surface area contributed by atoms with E-state index in [4.69, 9.17) is 10.3 Å². The Morgan fingerprint density at radius 3 is 2.62 bits per heavy atom. The molecular formula is C13H22N6OS. The lowest BCUT2D eigenvalue weighted by Crippen LogP contribution is -2.13. The van der Waals surface area contributed by atoms with Crippen LogP contribution in [0.2, 0.25) is 0 Å². The van der Waals surface area contributed by atoms with Gasteiger partial charge in [-0.05, 0) is 6.42 Å². The van der Waals surface area contributed by atoms with E-state index >= 15 is 0 Å². The van der Waals surface area contributed by atoms with E-state index in [1.165, 1.54) is 11.8 Å². The standard InChI is InChI=1S/C13H22N6OS/c1-5-6-19-9(7-14)16-17-12(19)21-8-10-15-11(18-20-10)13(2,3)4/h5-8,14H2,1-4H3. The van der Waals surface area contributed by atoms with E-state index in [0.29, 0.717) is 18.2 Å². The first kappa shape index (κ1) is 16.0. The first-order valence-corrected chi connectivity index (χ1v) is 8.02. The van der Waals surface area contributed by atoms with Crippen LogP contribution in [0.4, 0.5) is 0 Å². The molecule has 2 heterocycles. The maximum absolute atomic E-state index is 5.68. The third kappa shape index (κ3) is 3.82. The number of thioether (sulfide) groups is 1. The predicted octanol–water partition coefficient (Wildman–Crippen LogP) is 2.12. The normalized spacial score (nSPS) is 12.0. The van der Waals surface area contributed by atoms with E-state index in [2.05, 4.69) is 48.0 Å². The topological polar surface area (TPSA) is 95.7 Å². The molecule has 2 rings (SSSR count). The Labute approximate surface area is 128 Å². The van der Waals surface area contributed by atoms with E-state index in [0.717, 1.165) is 29.8 Å². The minimum atomic E-state index is -0.110. The highest BCUT2D eigenvalue weighted by Gasteiger charge is 2.21. The fraction of sp³-hybridized carbons (Fsp3) is 0.692. The van der Waals surface area contributed by atoms with Crippen molar-refractivity contribution in [3.8, 4) is 0 Å². The minimum Gasteiger partial charge on any atom is -0.338 e. The molecule has 0 aromatic carbocycles. The van der Waals surface area contributed by atoms with Gasteiger partial charge in [-0.15, -0.1) is 10.2 Å². The Bertz CT molecular complexity index is 586. The van der Waals surface area contributed by atoms with Gasteiger partial charge in [0.2, 0.25) is 5.89 Å². The zero-order chi connectivity index (χ0) is 15.5. The van der Waals surface area contributed by atoms with Gasteiger partial charge in [-0.3, -0.25) is 0 Å². The molecule has 0 radical (unpaired) electrons. The van der Waals surface area contributed by atoms with Gasteiger partial charge in [0.15, 0.2) is 11.0 Å². The van der Waals surface area contributed by atoms with Gasteiger partial charge < -0.3 is 14.8 Å². The van der Waals surface area contributed by atoms with Crippen molar-refractivity contribution in [2.75, 3.05) is 0 Å². The zero-order valence-corrected chi connectivity index (χ0v) is 13.8. The molecule has 7 nitrogen and oxygen atoms in total. The van der Waals surface area contributed by atoms with Crippen molar-refractivity contribution >= 4 is 11.8 Å². The van der Waals surface area contributed by atoms with Crippen molar-refractivity contribution in [3.05, 3.63) is 17.5 Å². The summed E-state index contributed by atoms with van der Waals surface area (Å²) in [5.74, 6) is 2.71. The third-order valence-electron chi connectivity index (χ3n) is 2.89. The molecule has 0 unspecified atom stereocenters. The minimum absolute atomic E-state index is 0.110.